The summed E-state index contributed by atoms with van der Waals surface area (Å²) < 4.78 is 1.26. The number of aromatic nitrogens is 3. The number of aromatic amines is 1. The summed E-state index contributed by atoms with van der Waals surface area (Å²) in [5.41, 5.74) is -0.791. The molecule has 2 rings (SSSR count). The van der Waals surface area contributed by atoms with Crippen molar-refractivity contribution in [2.24, 2.45) is 5.41 Å². The summed E-state index contributed by atoms with van der Waals surface area (Å²) >= 11 is 0. The second kappa shape index (κ2) is 4.59. The van der Waals surface area contributed by atoms with Crippen molar-refractivity contribution in [1.82, 2.24) is 14.5 Å². The number of H-pyrrole nitrogens is 1. The van der Waals surface area contributed by atoms with Gasteiger partial charge in [-0.05, 0) is 6.07 Å². The maximum atomic E-state index is 11.9. The van der Waals surface area contributed by atoms with E-state index in [1.54, 1.807) is 20.8 Å². The van der Waals surface area contributed by atoms with Gasteiger partial charge in [0.05, 0.1) is 5.39 Å². The van der Waals surface area contributed by atoms with Crippen LogP contribution in [0.5, 0.6) is 0 Å². The first kappa shape index (κ1) is 14.0. The molecule has 0 aromatic carbocycles. The number of hydrogen-bond donors (Lipinski definition) is 2. The van der Waals surface area contributed by atoms with Gasteiger partial charge in [-0.25, -0.2) is 0 Å². The van der Waals surface area contributed by atoms with Crippen LogP contribution < -0.4 is 10.9 Å². The Morgan fingerprint density at radius 2 is 2.00 bits per heavy atom. The summed E-state index contributed by atoms with van der Waals surface area (Å²) in [4.78, 5) is 41.8. The quantitative estimate of drug-likeness (QED) is 0.822. The van der Waals surface area contributed by atoms with Crippen LogP contribution in [0, 0.1) is 5.41 Å². The number of amides is 1. The molecule has 106 valence electrons. The van der Waals surface area contributed by atoms with E-state index in [-0.39, 0.29) is 23.4 Å². The van der Waals surface area contributed by atoms with E-state index in [1.807, 2.05) is 0 Å². The molecule has 2 aromatic rings. The lowest BCUT2D eigenvalue weighted by Gasteiger charge is -2.16. The Morgan fingerprint density at radius 3 is 2.55 bits per heavy atom. The van der Waals surface area contributed by atoms with E-state index in [4.69, 9.17) is 0 Å². The summed E-state index contributed by atoms with van der Waals surface area (Å²) in [7, 11) is 0. The number of rotatable bonds is 1. The van der Waals surface area contributed by atoms with Gasteiger partial charge in [0.2, 0.25) is 17.8 Å². The molecular formula is C13H16N4O3. The van der Waals surface area contributed by atoms with Crippen LogP contribution in [0.1, 0.15) is 32.5 Å². The van der Waals surface area contributed by atoms with E-state index in [2.05, 4.69) is 15.3 Å². The number of anilines is 1. The van der Waals surface area contributed by atoms with Gasteiger partial charge in [0.1, 0.15) is 0 Å². The number of hydrogen-bond acceptors (Lipinski definition) is 4. The number of nitrogens with zero attached hydrogens (tertiary/aromatic N) is 2. The van der Waals surface area contributed by atoms with E-state index < -0.39 is 11.0 Å². The fourth-order valence-electron chi connectivity index (χ4n) is 1.63. The SMILES string of the molecule is CC(=O)n1ccc2c(=O)[nH]c(NC(=O)C(C)(C)C)nc21. The molecule has 2 heterocycles. The van der Waals surface area contributed by atoms with Crippen molar-refractivity contribution < 1.29 is 9.59 Å². The zero-order chi connectivity index (χ0) is 15.1. The summed E-state index contributed by atoms with van der Waals surface area (Å²) in [5.74, 6) is -0.504. The predicted molar refractivity (Wildman–Crippen MR) is 74.7 cm³/mol. The highest BCUT2D eigenvalue weighted by Gasteiger charge is 2.22. The molecule has 0 bridgehead atoms. The fourth-order valence-corrected chi connectivity index (χ4v) is 1.63. The second-order valence-electron chi connectivity index (χ2n) is 5.56. The van der Waals surface area contributed by atoms with Crippen LogP contribution in [0.3, 0.4) is 0 Å². The molecule has 0 aliphatic carbocycles. The van der Waals surface area contributed by atoms with E-state index in [9.17, 15) is 14.4 Å². The fraction of sp³-hybridized carbons (Fsp3) is 0.385. The monoisotopic (exact) mass is 276 g/mol. The molecule has 0 unspecified atom stereocenters. The minimum absolute atomic E-state index is 0.0311. The summed E-state index contributed by atoms with van der Waals surface area (Å²) in [6.45, 7) is 6.61. The minimum Gasteiger partial charge on any atom is -0.296 e. The molecule has 0 radical (unpaired) electrons. The van der Waals surface area contributed by atoms with Crippen LogP contribution >= 0.6 is 0 Å². The Morgan fingerprint density at radius 1 is 1.35 bits per heavy atom. The normalized spacial score (nSPS) is 11.6. The topological polar surface area (TPSA) is 96.9 Å². The molecule has 0 atom stereocenters. The standard InChI is InChI=1S/C13H16N4O3/c1-7(18)17-6-5-8-9(17)14-12(15-10(8)19)16-11(20)13(2,3)4/h5-6H,1-4H3,(H2,14,15,16,19,20). The number of nitrogens with one attached hydrogen (secondary N) is 2. The van der Waals surface area contributed by atoms with Gasteiger partial charge in [-0.2, -0.15) is 4.98 Å². The highest BCUT2D eigenvalue weighted by atomic mass is 16.2. The molecule has 0 fully saturated rings. The lowest BCUT2D eigenvalue weighted by atomic mass is 9.96. The van der Waals surface area contributed by atoms with Crippen molar-refractivity contribution >= 4 is 28.8 Å². The Bertz CT molecular complexity index is 749. The zero-order valence-electron chi connectivity index (χ0n) is 11.8. The van der Waals surface area contributed by atoms with Gasteiger partial charge in [0, 0.05) is 18.5 Å². The first-order valence-corrected chi connectivity index (χ1v) is 6.14. The van der Waals surface area contributed by atoms with Crippen molar-refractivity contribution in [2.75, 3.05) is 5.32 Å². The van der Waals surface area contributed by atoms with E-state index >= 15 is 0 Å². The van der Waals surface area contributed by atoms with Gasteiger partial charge in [-0.1, -0.05) is 20.8 Å². The maximum absolute atomic E-state index is 11.9. The summed E-state index contributed by atoms with van der Waals surface area (Å²) in [6, 6.07) is 1.51. The van der Waals surface area contributed by atoms with Crippen LogP contribution in [0.4, 0.5) is 5.95 Å². The van der Waals surface area contributed by atoms with Gasteiger partial charge >= 0.3 is 0 Å². The van der Waals surface area contributed by atoms with Crippen LogP contribution in [0.15, 0.2) is 17.1 Å². The van der Waals surface area contributed by atoms with Crippen LogP contribution in [-0.4, -0.2) is 26.3 Å². The smallest absolute Gasteiger partial charge is 0.261 e. The average Bonchev–Trinajstić information content (AvgIpc) is 2.71. The molecule has 0 aliphatic rings. The first-order chi connectivity index (χ1) is 9.20. The van der Waals surface area contributed by atoms with Gasteiger partial charge in [-0.15, -0.1) is 0 Å². The average molecular weight is 276 g/mol. The van der Waals surface area contributed by atoms with Crippen molar-refractivity contribution in [2.45, 2.75) is 27.7 Å². The van der Waals surface area contributed by atoms with Crippen LogP contribution in [0.25, 0.3) is 11.0 Å². The second-order valence-corrected chi connectivity index (χ2v) is 5.56. The largest absolute Gasteiger partial charge is 0.296 e. The molecule has 2 N–H and O–H groups in total. The third-order valence-corrected chi connectivity index (χ3v) is 2.81. The third kappa shape index (κ3) is 2.47. The number of fused-ring (bicyclic) bond motifs is 1. The highest BCUT2D eigenvalue weighted by molar-refractivity contribution is 5.94. The van der Waals surface area contributed by atoms with Crippen molar-refractivity contribution in [3.8, 4) is 0 Å². The third-order valence-electron chi connectivity index (χ3n) is 2.81. The van der Waals surface area contributed by atoms with E-state index in [0.29, 0.717) is 5.39 Å². The number of carbonyl (C=O) groups excluding carboxylic acids is 2. The minimum atomic E-state index is -0.615. The van der Waals surface area contributed by atoms with E-state index in [0.717, 1.165) is 0 Å². The molecule has 1 amide bonds. The molecular weight excluding hydrogens is 260 g/mol. The van der Waals surface area contributed by atoms with Crippen molar-refractivity contribution in [3.63, 3.8) is 0 Å². The Kier molecular flexibility index (Phi) is 3.21. The van der Waals surface area contributed by atoms with E-state index in [1.165, 1.54) is 23.8 Å². The Hall–Kier alpha value is -2.44. The van der Waals surface area contributed by atoms with Gasteiger partial charge in [0.25, 0.3) is 5.56 Å². The molecule has 0 spiro atoms. The molecule has 0 saturated heterocycles. The van der Waals surface area contributed by atoms with Gasteiger partial charge in [0.15, 0.2) is 5.65 Å². The molecule has 7 nitrogen and oxygen atoms in total. The van der Waals surface area contributed by atoms with Crippen molar-refractivity contribution in [3.05, 3.63) is 22.6 Å². The predicted octanol–water partition coefficient (Wildman–Crippen LogP) is 1.37. The molecule has 0 saturated carbocycles. The van der Waals surface area contributed by atoms with Gasteiger partial charge in [-0.3, -0.25) is 29.3 Å². The van der Waals surface area contributed by atoms with Crippen LogP contribution in [-0.2, 0) is 4.79 Å². The van der Waals surface area contributed by atoms with Gasteiger partial charge < -0.3 is 0 Å². The molecule has 20 heavy (non-hydrogen) atoms. The zero-order valence-corrected chi connectivity index (χ0v) is 11.8. The highest BCUT2D eigenvalue weighted by Crippen LogP contribution is 2.16. The van der Waals surface area contributed by atoms with Crippen molar-refractivity contribution in [1.29, 1.82) is 0 Å². The lowest BCUT2D eigenvalue weighted by molar-refractivity contribution is -0.123. The Labute approximate surface area is 115 Å². The lowest BCUT2D eigenvalue weighted by Crippen LogP contribution is -2.29. The molecule has 2 aromatic heterocycles. The Balaban J connectivity index is 2.51. The van der Waals surface area contributed by atoms with Crippen LogP contribution in [0.2, 0.25) is 0 Å². The first-order valence-electron chi connectivity index (χ1n) is 6.14. The molecule has 0 aliphatic heterocycles. The molecule has 7 heteroatoms. The number of carbonyl (C=O) groups is 2. The maximum Gasteiger partial charge on any atom is 0.261 e. The summed E-state index contributed by atoms with van der Waals surface area (Å²) in [6.07, 6.45) is 1.48. The summed E-state index contributed by atoms with van der Waals surface area (Å²) in [5, 5.41) is 2.84.